The molecule has 0 spiro atoms. The van der Waals surface area contributed by atoms with Crippen LogP contribution in [0.5, 0.6) is 0 Å². The lowest BCUT2D eigenvalue weighted by Gasteiger charge is -2.09. The molecule has 0 heterocycles. The van der Waals surface area contributed by atoms with Crippen molar-refractivity contribution in [3.05, 3.63) is 70.3 Å². The number of nitrogens with one attached hydrogen (secondary N) is 1. The molecule has 0 aromatic heterocycles. The number of carbonyl (C=O) groups is 2. The van der Waals surface area contributed by atoms with Gasteiger partial charge in [0.15, 0.2) is 6.61 Å². The van der Waals surface area contributed by atoms with Crippen molar-refractivity contribution in [2.24, 2.45) is 0 Å². The minimum absolute atomic E-state index is 0.246. The fourth-order valence-corrected chi connectivity index (χ4v) is 3.19. The van der Waals surface area contributed by atoms with Crippen LogP contribution in [-0.2, 0) is 28.8 Å². The predicted octanol–water partition coefficient (Wildman–Crippen LogP) is 3.00. The zero-order valence-electron chi connectivity index (χ0n) is 14.5. The van der Waals surface area contributed by atoms with E-state index >= 15 is 0 Å². The molecule has 1 aliphatic carbocycles. The Morgan fingerprint density at radius 2 is 1.88 bits per heavy atom. The summed E-state index contributed by atoms with van der Waals surface area (Å²) in [6.07, 6.45) is 3.98. The first-order valence-electron chi connectivity index (χ1n) is 8.73. The molecule has 0 saturated heterocycles. The van der Waals surface area contributed by atoms with Crippen molar-refractivity contribution in [1.82, 2.24) is 5.32 Å². The van der Waals surface area contributed by atoms with Crippen LogP contribution >= 0.6 is 0 Å². The summed E-state index contributed by atoms with van der Waals surface area (Å²) in [5.41, 5.74) is 5.47. The molecule has 4 nitrogen and oxygen atoms in total. The molecule has 0 atom stereocenters. The van der Waals surface area contributed by atoms with Gasteiger partial charge in [-0.15, -0.1) is 0 Å². The number of rotatable bonds is 6. The zero-order chi connectivity index (χ0) is 17.6. The highest BCUT2D eigenvalue weighted by Gasteiger charge is 2.15. The van der Waals surface area contributed by atoms with Gasteiger partial charge in [0.1, 0.15) is 0 Å². The summed E-state index contributed by atoms with van der Waals surface area (Å²) in [5, 5.41) is 2.79. The van der Waals surface area contributed by atoms with Crippen molar-refractivity contribution in [2.75, 3.05) is 13.2 Å². The van der Waals surface area contributed by atoms with Gasteiger partial charge in [-0.05, 0) is 67.0 Å². The van der Waals surface area contributed by atoms with Crippen molar-refractivity contribution in [3.63, 3.8) is 0 Å². The lowest BCUT2D eigenvalue weighted by molar-refractivity contribution is -0.124. The topological polar surface area (TPSA) is 55.4 Å². The summed E-state index contributed by atoms with van der Waals surface area (Å²) < 4.78 is 5.13. The first-order chi connectivity index (χ1) is 12.1. The molecule has 130 valence electrons. The highest BCUT2D eigenvalue weighted by Crippen LogP contribution is 2.23. The Balaban J connectivity index is 1.43. The van der Waals surface area contributed by atoms with Crippen LogP contribution in [0.2, 0.25) is 0 Å². The monoisotopic (exact) mass is 337 g/mol. The summed E-state index contributed by atoms with van der Waals surface area (Å²) in [6, 6.07) is 13.7. The van der Waals surface area contributed by atoms with Gasteiger partial charge in [0.2, 0.25) is 0 Å². The van der Waals surface area contributed by atoms with Gasteiger partial charge in [0, 0.05) is 6.54 Å². The van der Waals surface area contributed by atoms with Gasteiger partial charge < -0.3 is 10.1 Å². The van der Waals surface area contributed by atoms with E-state index < -0.39 is 5.97 Å². The molecular weight excluding hydrogens is 314 g/mol. The van der Waals surface area contributed by atoms with Gasteiger partial charge in [-0.1, -0.05) is 30.3 Å². The van der Waals surface area contributed by atoms with E-state index in [4.69, 9.17) is 4.74 Å². The van der Waals surface area contributed by atoms with Crippen LogP contribution in [0.25, 0.3) is 0 Å². The highest BCUT2D eigenvalue weighted by atomic mass is 16.5. The molecular formula is C21H23NO3. The number of carbonyl (C=O) groups excluding carboxylic acids is 2. The van der Waals surface area contributed by atoms with E-state index in [1.807, 2.05) is 24.3 Å². The van der Waals surface area contributed by atoms with E-state index in [1.165, 1.54) is 22.3 Å². The summed E-state index contributed by atoms with van der Waals surface area (Å²) in [6.45, 7) is 2.33. The minimum atomic E-state index is -0.441. The summed E-state index contributed by atoms with van der Waals surface area (Å²) in [5.74, 6) is -0.716. The van der Waals surface area contributed by atoms with Crippen LogP contribution in [0.3, 0.4) is 0 Å². The minimum Gasteiger partial charge on any atom is -0.452 e. The number of aryl methyl sites for hydroxylation is 3. The maximum absolute atomic E-state index is 12.1. The van der Waals surface area contributed by atoms with Crippen molar-refractivity contribution >= 4 is 11.9 Å². The highest BCUT2D eigenvalue weighted by molar-refractivity contribution is 5.91. The molecule has 2 aromatic carbocycles. The second-order valence-electron chi connectivity index (χ2n) is 6.44. The quantitative estimate of drug-likeness (QED) is 0.825. The van der Waals surface area contributed by atoms with Crippen molar-refractivity contribution in [2.45, 2.75) is 32.6 Å². The van der Waals surface area contributed by atoms with Crippen LogP contribution in [0.1, 0.15) is 39.0 Å². The molecule has 0 unspecified atom stereocenters. The Hall–Kier alpha value is -2.62. The van der Waals surface area contributed by atoms with E-state index in [0.29, 0.717) is 12.1 Å². The van der Waals surface area contributed by atoms with Crippen molar-refractivity contribution < 1.29 is 14.3 Å². The van der Waals surface area contributed by atoms with Gasteiger partial charge in [-0.25, -0.2) is 4.79 Å². The number of esters is 1. The summed E-state index contributed by atoms with van der Waals surface area (Å²) in [7, 11) is 0. The maximum Gasteiger partial charge on any atom is 0.338 e. The van der Waals surface area contributed by atoms with Gasteiger partial charge >= 0.3 is 5.97 Å². The number of hydrogen-bond donors (Lipinski definition) is 1. The first-order valence-corrected chi connectivity index (χ1v) is 8.73. The summed E-state index contributed by atoms with van der Waals surface area (Å²) in [4.78, 5) is 23.9. The van der Waals surface area contributed by atoms with E-state index in [-0.39, 0.29) is 12.5 Å². The molecule has 0 radical (unpaired) electrons. The molecule has 0 fully saturated rings. The number of benzene rings is 2. The van der Waals surface area contributed by atoms with E-state index in [2.05, 4.69) is 24.4 Å². The number of fused-ring (bicyclic) bond motifs is 1. The largest absolute Gasteiger partial charge is 0.452 e. The van der Waals surface area contributed by atoms with Crippen LogP contribution in [0.15, 0.2) is 42.5 Å². The average molecular weight is 337 g/mol. The van der Waals surface area contributed by atoms with Crippen LogP contribution in [0.4, 0.5) is 0 Å². The third-order valence-electron chi connectivity index (χ3n) is 4.65. The molecule has 0 bridgehead atoms. The lowest BCUT2D eigenvalue weighted by atomic mass is 10.1. The van der Waals surface area contributed by atoms with E-state index in [9.17, 15) is 9.59 Å². The first kappa shape index (κ1) is 17.2. The Labute approximate surface area is 148 Å². The molecule has 0 aliphatic heterocycles. The number of ether oxygens (including phenoxy) is 1. The molecule has 3 rings (SSSR count). The smallest absolute Gasteiger partial charge is 0.338 e. The van der Waals surface area contributed by atoms with Crippen LogP contribution in [-0.4, -0.2) is 25.0 Å². The third kappa shape index (κ3) is 4.47. The molecule has 4 heteroatoms. The van der Waals surface area contributed by atoms with Gasteiger partial charge in [0.05, 0.1) is 5.56 Å². The average Bonchev–Trinajstić information content (AvgIpc) is 3.09. The maximum atomic E-state index is 12.1. The second kappa shape index (κ2) is 7.97. The molecule has 1 N–H and O–H groups in total. The molecule has 25 heavy (non-hydrogen) atoms. The Morgan fingerprint density at radius 1 is 1.08 bits per heavy atom. The van der Waals surface area contributed by atoms with Crippen LogP contribution in [0, 0.1) is 6.92 Å². The standard InChI is InChI=1S/C21H23NO3/c1-15-5-2-3-6-16(15)11-12-22-20(23)14-25-21(24)19-10-9-17-7-4-8-18(17)13-19/h2-3,5-6,9-10,13H,4,7-8,11-12,14H2,1H3,(H,22,23). The van der Waals surface area contributed by atoms with Crippen LogP contribution < -0.4 is 5.32 Å². The predicted molar refractivity (Wildman–Crippen MR) is 96.6 cm³/mol. The summed E-state index contributed by atoms with van der Waals surface area (Å²) >= 11 is 0. The van der Waals surface area contributed by atoms with Crippen molar-refractivity contribution in [3.8, 4) is 0 Å². The Kier molecular flexibility index (Phi) is 5.49. The Bertz CT molecular complexity index is 782. The lowest BCUT2D eigenvalue weighted by Crippen LogP contribution is -2.30. The number of amides is 1. The van der Waals surface area contributed by atoms with E-state index in [1.54, 1.807) is 6.07 Å². The molecule has 2 aromatic rings. The SMILES string of the molecule is Cc1ccccc1CCNC(=O)COC(=O)c1ccc2c(c1)CCC2. The van der Waals surface area contributed by atoms with Gasteiger partial charge in [-0.2, -0.15) is 0 Å². The van der Waals surface area contributed by atoms with Gasteiger partial charge in [0.25, 0.3) is 5.91 Å². The van der Waals surface area contributed by atoms with Crippen molar-refractivity contribution in [1.29, 1.82) is 0 Å². The Morgan fingerprint density at radius 3 is 2.72 bits per heavy atom. The number of hydrogen-bond acceptors (Lipinski definition) is 3. The molecule has 1 amide bonds. The molecule has 0 saturated carbocycles. The zero-order valence-corrected chi connectivity index (χ0v) is 14.5. The normalized spacial score (nSPS) is 12.5. The fourth-order valence-electron chi connectivity index (χ4n) is 3.19. The fraction of sp³-hybridized carbons (Fsp3) is 0.333. The molecule has 1 aliphatic rings. The third-order valence-corrected chi connectivity index (χ3v) is 4.65. The second-order valence-corrected chi connectivity index (χ2v) is 6.44. The van der Waals surface area contributed by atoms with E-state index in [0.717, 1.165) is 25.7 Å². The van der Waals surface area contributed by atoms with Gasteiger partial charge in [-0.3, -0.25) is 4.79 Å².